The van der Waals surface area contributed by atoms with Crippen LogP contribution in [-0.4, -0.2) is 5.78 Å². The van der Waals surface area contributed by atoms with E-state index in [9.17, 15) is 9.18 Å². The van der Waals surface area contributed by atoms with E-state index in [0.29, 0.717) is 21.7 Å². The molecule has 2 aromatic rings. The van der Waals surface area contributed by atoms with Crippen LogP contribution in [0.25, 0.3) is 11.1 Å². The Balaban J connectivity index is 2.70. The fourth-order valence-electron chi connectivity index (χ4n) is 1.73. The fraction of sp³-hybridized carbons (Fsp3) is 0.0714. The molecule has 0 heterocycles. The summed E-state index contributed by atoms with van der Waals surface area (Å²) in [6, 6.07) is 11.2. The minimum Gasteiger partial charge on any atom is -0.294 e. The maximum Gasteiger partial charge on any atom is 0.160 e. The third kappa shape index (κ3) is 2.37. The van der Waals surface area contributed by atoms with Crippen molar-refractivity contribution >= 4 is 17.4 Å². The van der Waals surface area contributed by atoms with Gasteiger partial charge < -0.3 is 0 Å². The van der Waals surface area contributed by atoms with Gasteiger partial charge in [0.2, 0.25) is 0 Å². The van der Waals surface area contributed by atoms with Crippen LogP contribution in [0, 0.1) is 5.82 Å². The summed E-state index contributed by atoms with van der Waals surface area (Å²) in [5, 5.41) is 0.501. The molecule has 0 aliphatic carbocycles. The fourth-order valence-corrected chi connectivity index (χ4v) is 1.96. The SMILES string of the molecule is CC(=O)c1ccc(F)cc1-c1ccccc1Cl. The van der Waals surface area contributed by atoms with Crippen molar-refractivity contribution in [3.05, 3.63) is 58.9 Å². The Bertz CT molecular complexity index is 578. The molecule has 0 bridgehead atoms. The molecule has 86 valence electrons. The van der Waals surface area contributed by atoms with Crippen molar-refractivity contribution in [3.63, 3.8) is 0 Å². The number of rotatable bonds is 2. The summed E-state index contributed by atoms with van der Waals surface area (Å²) < 4.78 is 13.3. The van der Waals surface area contributed by atoms with Crippen LogP contribution in [0.1, 0.15) is 17.3 Å². The van der Waals surface area contributed by atoms with Gasteiger partial charge in [0, 0.05) is 16.1 Å². The van der Waals surface area contributed by atoms with Gasteiger partial charge in [-0.05, 0) is 36.8 Å². The molecule has 0 N–H and O–H groups in total. The van der Waals surface area contributed by atoms with Gasteiger partial charge in [-0.2, -0.15) is 0 Å². The van der Waals surface area contributed by atoms with E-state index < -0.39 is 0 Å². The molecule has 0 atom stereocenters. The second kappa shape index (κ2) is 4.68. The van der Waals surface area contributed by atoms with Crippen molar-refractivity contribution in [1.82, 2.24) is 0 Å². The van der Waals surface area contributed by atoms with E-state index >= 15 is 0 Å². The predicted octanol–water partition coefficient (Wildman–Crippen LogP) is 4.35. The third-order valence-corrected chi connectivity index (χ3v) is 2.85. The number of carbonyl (C=O) groups is 1. The highest BCUT2D eigenvalue weighted by Gasteiger charge is 2.12. The molecule has 1 nitrogen and oxygen atoms in total. The van der Waals surface area contributed by atoms with E-state index in [4.69, 9.17) is 11.6 Å². The van der Waals surface area contributed by atoms with Crippen LogP contribution in [0.15, 0.2) is 42.5 Å². The average molecular weight is 249 g/mol. The molecular formula is C14H10ClFO. The highest BCUT2D eigenvalue weighted by Crippen LogP contribution is 2.31. The number of carbonyl (C=O) groups excluding carboxylic acids is 1. The topological polar surface area (TPSA) is 17.1 Å². The molecule has 0 radical (unpaired) electrons. The molecule has 0 aliphatic heterocycles. The van der Waals surface area contributed by atoms with Gasteiger partial charge in [0.1, 0.15) is 5.82 Å². The summed E-state index contributed by atoms with van der Waals surface area (Å²) in [6.07, 6.45) is 0. The molecule has 0 amide bonds. The van der Waals surface area contributed by atoms with Crippen molar-refractivity contribution in [2.45, 2.75) is 6.92 Å². The van der Waals surface area contributed by atoms with Crippen molar-refractivity contribution in [1.29, 1.82) is 0 Å². The third-order valence-electron chi connectivity index (χ3n) is 2.52. The van der Waals surface area contributed by atoms with Gasteiger partial charge in [0.05, 0.1) is 0 Å². The summed E-state index contributed by atoms with van der Waals surface area (Å²) >= 11 is 6.05. The lowest BCUT2D eigenvalue weighted by molar-refractivity contribution is 0.101. The molecule has 0 saturated carbocycles. The second-order valence-corrected chi connectivity index (χ2v) is 4.13. The Morgan fingerprint density at radius 3 is 2.47 bits per heavy atom. The summed E-state index contributed by atoms with van der Waals surface area (Å²) in [5.41, 5.74) is 1.67. The molecule has 0 aromatic heterocycles. The number of hydrogen-bond acceptors (Lipinski definition) is 1. The molecule has 17 heavy (non-hydrogen) atoms. The molecule has 0 fully saturated rings. The lowest BCUT2D eigenvalue weighted by Crippen LogP contribution is -1.97. The first-order valence-corrected chi connectivity index (χ1v) is 5.53. The quantitative estimate of drug-likeness (QED) is 0.722. The van der Waals surface area contributed by atoms with Crippen LogP contribution in [0.4, 0.5) is 4.39 Å². The van der Waals surface area contributed by atoms with E-state index in [1.807, 2.05) is 0 Å². The van der Waals surface area contributed by atoms with E-state index in [1.165, 1.54) is 25.1 Å². The van der Waals surface area contributed by atoms with Crippen molar-refractivity contribution in [2.75, 3.05) is 0 Å². The standard InChI is InChI=1S/C14H10ClFO/c1-9(17)11-7-6-10(16)8-13(11)12-4-2-3-5-14(12)15/h2-8H,1H3. The Morgan fingerprint density at radius 1 is 1.12 bits per heavy atom. The second-order valence-electron chi connectivity index (χ2n) is 3.73. The molecule has 0 saturated heterocycles. The van der Waals surface area contributed by atoms with Crippen molar-refractivity contribution in [3.8, 4) is 11.1 Å². The Kier molecular flexibility index (Phi) is 3.25. The maximum absolute atomic E-state index is 13.3. The number of ketones is 1. The Hall–Kier alpha value is -1.67. The van der Waals surface area contributed by atoms with Crippen molar-refractivity contribution < 1.29 is 9.18 Å². The lowest BCUT2D eigenvalue weighted by atomic mass is 9.97. The zero-order valence-corrected chi connectivity index (χ0v) is 9.96. The largest absolute Gasteiger partial charge is 0.294 e. The summed E-state index contributed by atoms with van der Waals surface area (Å²) in [6.45, 7) is 1.45. The number of Topliss-reactive ketones (excluding diaryl/α,β-unsaturated/α-hetero) is 1. The summed E-state index contributed by atoms with van der Waals surface area (Å²) in [4.78, 5) is 11.5. The van der Waals surface area contributed by atoms with Crippen LogP contribution in [-0.2, 0) is 0 Å². The van der Waals surface area contributed by atoms with Gasteiger partial charge in [-0.15, -0.1) is 0 Å². The first-order chi connectivity index (χ1) is 8.09. The maximum atomic E-state index is 13.3. The van der Waals surface area contributed by atoms with E-state index in [1.54, 1.807) is 24.3 Å². The summed E-state index contributed by atoms with van der Waals surface area (Å²) in [5.74, 6) is -0.496. The molecular weight excluding hydrogens is 239 g/mol. The van der Waals surface area contributed by atoms with Crippen LogP contribution in [0.3, 0.4) is 0 Å². The molecule has 0 unspecified atom stereocenters. The number of halogens is 2. The van der Waals surface area contributed by atoms with Gasteiger partial charge in [-0.25, -0.2) is 4.39 Å². The monoisotopic (exact) mass is 248 g/mol. The van der Waals surface area contributed by atoms with Gasteiger partial charge >= 0.3 is 0 Å². The highest BCUT2D eigenvalue weighted by atomic mass is 35.5. The van der Waals surface area contributed by atoms with Gasteiger partial charge in [-0.1, -0.05) is 29.8 Å². The van der Waals surface area contributed by atoms with E-state index in [2.05, 4.69) is 0 Å². The van der Waals surface area contributed by atoms with E-state index in [0.717, 1.165) is 0 Å². The first-order valence-electron chi connectivity index (χ1n) is 5.15. The van der Waals surface area contributed by atoms with Gasteiger partial charge in [-0.3, -0.25) is 4.79 Å². The van der Waals surface area contributed by atoms with Crippen molar-refractivity contribution in [2.24, 2.45) is 0 Å². The molecule has 2 aromatic carbocycles. The van der Waals surface area contributed by atoms with Gasteiger partial charge in [0.15, 0.2) is 5.78 Å². The molecule has 0 aliphatic rings. The van der Waals surface area contributed by atoms with Crippen LogP contribution >= 0.6 is 11.6 Å². The molecule has 3 heteroatoms. The van der Waals surface area contributed by atoms with Crippen LogP contribution in [0.2, 0.25) is 5.02 Å². The Labute approximate surface area is 104 Å². The molecule has 0 spiro atoms. The van der Waals surface area contributed by atoms with Crippen LogP contribution < -0.4 is 0 Å². The Morgan fingerprint density at radius 2 is 1.82 bits per heavy atom. The minimum atomic E-state index is -0.384. The first kappa shape index (κ1) is 11.8. The zero-order chi connectivity index (χ0) is 12.4. The molecule has 2 rings (SSSR count). The smallest absolute Gasteiger partial charge is 0.160 e. The number of hydrogen-bond donors (Lipinski definition) is 0. The predicted molar refractivity (Wildman–Crippen MR) is 66.9 cm³/mol. The number of benzene rings is 2. The minimum absolute atomic E-state index is 0.111. The van der Waals surface area contributed by atoms with Gasteiger partial charge in [0.25, 0.3) is 0 Å². The summed E-state index contributed by atoms with van der Waals surface area (Å²) in [7, 11) is 0. The average Bonchev–Trinajstić information content (AvgIpc) is 2.29. The zero-order valence-electron chi connectivity index (χ0n) is 9.21. The van der Waals surface area contributed by atoms with Crippen LogP contribution in [0.5, 0.6) is 0 Å². The highest BCUT2D eigenvalue weighted by molar-refractivity contribution is 6.33. The lowest BCUT2D eigenvalue weighted by Gasteiger charge is -2.09. The normalized spacial score (nSPS) is 10.3. The van der Waals surface area contributed by atoms with E-state index in [-0.39, 0.29) is 11.6 Å².